The van der Waals surface area contributed by atoms with Gasteiger partial charge in [0.15, 0.2) is 0 Å². The molecule has 154 valence electrons. The molecule has 1 aliphatic rings. The summed E-state index contributed by atoms with van der Waals surface area (Å²) < 4.78 is 45.5. The lowest BCUT2D eigenvalue weighted by Gasteiger charge is -2.24. The topological polar surface area (TPSA) is 46.6 Å². The number of aryl methyl sites for hydroxylation is 1. The Morgan fingerprint density at radius 3 is 2.21 bits per heavy atom. The van der Waals surface area contributed by atoms with E-state index in [-0.39, 0.29) is 19.4 Å². The minimum absolute atomic E-state index is 0.0137. The number of rotatable bonds is 7. The number of cyclic esters (lactones) is 1. The van der Waals surface area contributed by atoms with Crippen molar-refractivity contribution in [3.05, 3.63) is 71.8 Å². The van der Waals surface area contributed by atoms with Crippen LogP contribution >= 0.6 is 0 Å². The first-order chi connectivity index (χ1) is 13.8. The molecule has 0 spiro atoms. The van der Waals surface area contributed by atoms with E-state index in [2.05, 4.69) is 0 Å². The maximum atomic E-state index is 13.5. The fraction of sp³-hybridized carbons (Fsp3) is 0.364. The molecule has 1 heterocycles. The van der Waals surface area contributed by atoms with Crippen LogP contribution in [0.2, 0.25) is 0 Å². The van der Waals surface area contributed by atoms with E-state index in [1.165, 1.54) is 0 Å². The summed E-state index contributed by atoms with van der Waals surface area (Å²) in [6, 6.07) is 17.4. The summed E-state index contributed by atoms with van der Waals surface area (Å²) in [4.78, 5) is 25.5. The van der Waals surface area contributed by atoms with Crippen LogP contribution in [0.25, 0.3) is 0 Å². The van der Waals surface area contributed by atoms with Crippen molar-refractivity contribution >= 4 is 12.0 Å². The van der Waals surface area contributed by atoms with E-state index < -0.39 is 36.6 Å². The summed E-state index contributed by atoms with van der Waals surface area (Å²) in [7, 11) is 0. The van der Waals surface area contributed by atoms with Gasteiger partial charge in [-0.25, -0.2) is 9.69 Å². The number of carbonyl (C=O) groups is 2. The first-order valence-corrected chi connectivity index (χ1v) is 9.48. The van der Waals surface area contributed by atoms with Crippen LogP contribution < -0.4 is 0 Å². The quantitative estimate of drug-likeness (QED) is 0.666. The molecule has 2 aromatic rings. The highest BCUT2D eigenvalue weighted by atomic mass is 19.4. The molecule has 4 nitrogen and oxygen atoms in total. The molecule has 1 saturated heterocycles. The average Bonchev–Trinajstić information content (AvgIpc) is 3.06. The van der Waals surface area contributed by atoms with E-state index in [1.807, 2.05) is 30.3 Å². The fourth-order valence-corrected chi connectivity index (χ4v) is 3.48. The Morgan fingerprint density at radius 2 is 1.62 bits per heavy atom. The molecule has 7 heteroatoms. The van der Waals surface area contributed by atoms with Crippen LogP contribution in [0.4, 0.5) is 18.0 Å². The zero-order valence-corrected chi connectivity index (χ0v) is 15.8. The van der Waals surface area contributed by atoms with Crippen molar-refractivity contribution in [1.82, 2.24) is 4.90 Å². The van der Waals surface area contributed by atoms with Crippen molar-refractivity contribution in [3.63, 3.8) is 0 Å². The zero-order valence-electron chi connectivity index (χ0n) is 15.8. The summed E-state index contributed by atoms with van der Waals surface area (Å²) in [6.45, 7) is -0.0137. The number of alkyl halides is 3. The minimum Gasteiger partial charge on any atom is -0.447 e. The van der Waals surface area contributed by atoms with Crippen LogP contribution in [-0.4, -0.2) is 35.7 Å². The number of halogens is 3. The Morgan fingerprint density at radius 1 is 1.03 bits per heavy atom. The van der Waals surface area contributed by atoms with E-state index in [9.17, 15) is 22.8 Å². The molecular weight excluding hydrogens is 383 g/mol. The van der Waals surface area contributed by atoms with Gasteiger partial charge in [-0.05, 0) is 30.4 Å². The van der Waals surface area contributed by atoms with E-state index in [4.69, 9.17) is 4.74 Å². The Balaban J connectivity index is 1.67. The molecule has 2 amide bonds. The second-order valence-electron chi connectivity index (χ2n) is 7.15. The van der Waals surface area contributed by atoms with Gasteiger partial charge in [-0.15, -0.1) is 0 Å². The minimum atomic E-state index is -4.52. The van der Waals surface area contributed by atoms with Gasteiger partial charge in [0.2, 0.25) is 5.91 Å². The molecule has 1 unspecified atom stereocenters. The Kier molecular flexibility index (Phi) is 6.56. The predicted molar refractivity (Wildman–Crippen MR) is 101 cm³/mol. The second kappa shape index (κ2) is 9.11. The number of carbonyl (C=O) groups excluding carboxylic acids is 2. The van der Waals surface area contributed by atoms with Gasteiger partial charge >= 0.3 is 12.3 Å². The summed E-state index contributed by atoms with van der Waals surface area (Å²) >= 11 is 0. The summed E-state index contributed by atoms with van der Waals surface area (Å²) in [5.41, 5.74) is 1.65. The number of benzene rings is 2. The number of hydrogen-bond donors (Lipinski definition) is 0. The Bertz CT molecular complexity index is 824. The Labute approximate surface area is 167 Å². The number of nitrogens with zero attached hydrogens (tertiary/aromatic N) is 1. The third-order valence-corrected chi connectivity index (χ3v) is 5.05. The highest BCUT2D eigenvalue weighted by molar-refractivity contribution is 5.93. The molecule has 0 radical (unpaired) electrons. The van der Waals surface area contributed by atoms with Gasteiger partial charge in [0, 0.05) is 6.42 Å². The normalized spacial score (nSPS) is 17.8. The van der Waals surface area contributed by atoms with Crippen molar-refractivity contribution in [3.8, 4) is 0 Å². The van der Waals surface area contributed by atoms with Crippen LogP contribution in [0.15, 0.2) is 60.7 Å². The maximum Gasteiger partial charge on any atom is 0.416 e. The van der Waals surface area contributed by atoms with Crippen LogP contribution in [-0.2, 0) is 22.4 Å². The Hall–Kier alpha value is -2.83. The van der Waals surface area contributed by atoms with Gasteiger partial charge in [-0.2, -0.15) is 13.2 Å². The van der Waals surface area contributed by atoms with Gasteiger partial charge in [0.05, 0.1) is 12.0 Å². The molecule has 0 N–H and O–H groups in total. The highest BCUT2D eigenvalue weighted by Crippen LogP contribution is 2.34. The summed E-state index contributed by atoms with van der Waals surface area (Å²) in [5.74, 6) is -2.66. The first kappa shape index (κ1) is 20.9. The van der Waals surface area contributed by atoms with Crippen LogP contribution in [0.3, 0.4) is 0 Å². The monoisotopic (exact) mass is 405 g/mol. The lowest BCUT2D eigenvalue weighted by molar-refractivity contribution is -0.182. The SMILES string of the molecule is O=C(CC(CCc1ccccc1)C(F)(F)F)N1C(=O)OC[C@@H]1Cc1ccccc1. The molecule has 3 rings (SSSR count). The number of ether oxygens (including phenoxy) is 1. The van der Waals surface area contributed by atoms with Crippen molar-refractivity contribution in [2.75, 3.05) is 6.61 Å². The highest BCUT2D eigenvalue weighted by Gasteiger charge is 2.44. The number of amides is 2. The van der Waals surface area contributed by atoms with Crippen molar-refractivity contribution in [2.24, 2.45) is 5.92 Å². The fourth-order valence-electron chi connectivity index (χ4n) is 3.48. The molecule has 0 saturated carbocycles. The molecular formula is C22H22F3NO3. The lowest BCUT2D eigenvalue weighted by Crippen LogP contribution is -2.42. The first-order valence-electron chi connectivity index (χ1n) is 9.48. The maximum absolute atomic E-state index is 13.5. The zero-order chi connectivity index (χ0) is 20.9. The van der Waals surface area contributed by atoms with Crippen LogP contribution in [0, 0.1) is 5.92 Å². The molecule has 0 aliphatic carbocycles. The number of imide groups is 1. The predicted octanol–water partition coefficient (Wildman–Crippen LogP) is 4.78. The summed E-state index contributed by atoms with van der Waals surface area (Å²) in [5, 5.41) is 0. The molecule has 1 aliphatic heterocycles. The van der Waals surface area contributed by atoms with Gasteiger partial charge in [0.25, 0.3) is 0 Å². The number of hydrogen-bond acceptors (Lipinski definition) is 3. The molecule has 1 fully saturated rings. The molecule has 0 aromatic heterocycles. The van der Waals surface area contributed by atoms with E-state index in [0.29, 0.717) is 6.42 Å². The van der Waals surface area contributed by atoms with E-state index >= 15 is 0 Å². The van der Waals surface area contributed by atoms with E-state index in [1.54, 1.807) is 30.3 Å². The van der Waals surface area contributed by atoms with Gasteiger partial charge < -0.3 is 4.74 Å². The second-order valence-corrected chi connectivity index (χ2v) is 7.15. The van der Waals surface area contributed by atoms with Crippen LogP contribution in [0.1, 0.15) is 24.0 Å². The average molecular weight is 405 g/mol. The molecule has 2 atom stereocenters. The molecule has 2 aromatic carbocycles. The standard InChI is InChI=1S/C22H22F3NO3/c23-22(24,25)18(12-11-16-7-3-1-4-8-16)14-20(27)26-19(15-29-21(26)28)13-17-9-5-2-6-10-17/h1-10,18-19H,11-15H2/t18?,19-/m0/s1. The molecule has 29 heavy (non-hydrogen) atoms. The van der Waals surface area contributed by atoms with Crippen molar-refractivity contribution < 1.29 is 27.5 Å². The van der Waals surface area contributed by atoms with Crippen LogP contribution in [0.5, 0.6) is 0 Å². The van der Waals surface area contributed by atoms with Crippen molar-refractivity contribution in [2.45, 2.75) is 37.9 Å². The third kappa shape index (κ3) is 5.59. The van der Waals surface area contributed by atoms with E-state index in [0.717, 1.165) is 16.0 Å². The third-order valence-electron chi connectivity index (χ3n) is 5.05. The van der Waals surface area contributed by atoms with Gasteiger partial charge in [0.1, 0.15) is 6.61 Å². The van der Waals surface area contributed by atoms with Gasteiger partial charge in [-0.3, -0.25) is 4.79 Å². The van der Waals surface area contributed by atoms with Gasteiger partial charge in [-0.1, -0.05) is 60.7 Å². The summed E-state index contributed by atoms with van der Waals surface area (Å²) in [6.07, 6.45) is -5.83. The van der Waals surface area contributed by atoms with Crippen molar-refractivity contribution in [1.29, 1.82) is 0 Å². The lowest BCUT2D eigenvalue weighted by atomic mass is 9.95. The smallest absolute Gasteiger partial charge is 0.416 e. The largest absolute Gasteiger partial charge is 0.447 e. The molecule has 0 bridgehead atoms.